The molecule has 1 aromatic rings. The Morgan fingerprint density at radius 1 is 1.35 bits per heavy atom. The third-order valence-corrected chi connectivity index (χ3v) is 4.68. The number of likely N-dealkylation sites (tertiary alicyclic amines) is 2. The second kappa shape index (κ2) is 4.33. The van der Waals surface area contributed by atoms with Crippen LogP contribution in [0.2, 0.25) is 0 Å². The smallest absolute Gasteiger partial charge is 0.292 e. The molecule has 2 saturated heterocycles. The van der Waals surface area contributed by atoms with Crippen LogP contribution < -0.4 is 0 Å². The number of amides is 2. The van der Waals surface area contributed by atoms with Gasteiger partial charge in [0.2, 0.25) is 11.7 Å². The summed E-state index contributed by atoms with van der Waals surface area (Å²) in [6, 6.07) is 1.79. The van der Waals surface area contributed by atoms with Crippen LogP contribution in [0.25, 0.3) is 0 Å². The molecule has 1 saturated carbocycles. The number of aromatic nitrogens is 1. The quantitative estimate of drug-likeness (QED) is 0.822. The molecule has 0 spiro atoms. The maximum absolute atomic E-state index is 12.4. The molecule has 3 fully saturated rings. The Kier molecular flexibility index (Phi) is 2.58. The highest BCUT2D eigenvalue weighted by atomic mass is 16.5. The molecule has 0 radical (unpaired) electrons. The minimum Gasteiger partial charge on any atom is -0.351 e. The van der Waals surface area contributed by atoms with Crippen molar-refractivity contribution in [3.63, 3.8) is 0 Å². The Bertz CT molecular complexity index is 538. The van der Waals surface area contributed by atoms with Gasteiger partial charge in [0.1, 0.15) is 0 Å². The molecule has 1 aliphatic carbocycles. The second-order valence-corrected chi connectivity index (χ2v) is 5.99. The molecule has 2 amide bonds. The molecule has 3 aliphatic rings. The van der Waals surface area contributed by atoms with E-state index in [2.05, 4.69) is 5.16 Å². The van der Waals surface area contributed by atoms with Crippen molar-refractivity contribution in [2.24, 2.45) is 5.92 Å². The van der Waals surface area contributed by atoms with Crippen LogP contribution in [0.15, 0.2) is 16.8 Å². The molecule has 4 rings (SSSR count). The van der Waals surface area contributed by atoms with Crippen molar-refractivity contribution in [2.45, 2.75) is 37.8 Å². The monoisotopic (exact) mass is 275 g/mol. The van der Waals surface area contributed by atoms with Crippen molar-refractivity contribution in [1.82, 2.24) is 15.0 Å². The van der Waals surface area contributed by atoms with E-state index in [0.29, 0.717) is 18.9 Å². The molecular weight excluding hydrogens is 258 g/mol. The fraction of sp³-hybridized carbons (Fsp3) is 0.643. The first-order chi connectivity index (χ1) is 9.74. The third kappa shape index (κ3) is 1.82. The number of carbonyl (C=O) groups excluding carboxylic acids is 2. The van der Waals surface area contributed by atoms with Crippen molar-refractivity contribution in [1.29, 1.82) is 0 Å². The van der Waals surface area contributed by atoms with Crippen LogP contribution in [0.4, 0.5) is 0 Å². The molecule has 0 bridgehead atoms. The normalized spacial score (nSPS) is 29.1. The lowest BCUT2D eigenvalue weighted by Crippen LogP contribution is -2.40. The lowest BCUT2D eigenvalue weighted by Gasteiger charge is -2.24. The Hall–Kier alpha value is -1.85. The van der Waals surface area contributed by atoms with Gasteiger partial charge in [0, 0.05) is 25.6 Å². The van der Waals surface area contributed by atoms with Gasteiger partial charge in [-0.05, 0) is 25.2 Å². The summed E-state index contributed by atoms with van der Waals surface area (Å²) in [7, 11) is 0. The number of carbonyl (C=O) groups is 2. The molecule has 6 heteroatoms. The van der Waals surface area contributed by atoms with E-state index in [1.807, 2.05) is 4.90 Å². The first-order valence-corrected chi connectivity index (χ1v) is 7.25. The van der Waals surface area contributed by atoms with E-state index in [0.717, 1.165) is 13.0 Å². The van der Waals surface area contributed by atoms with Gasteiger partial charge in [0.25, 0.3) is 5.91 Å². The van der Waals surface area contributed by atoms with Crippen LogP contribution in [0.3, 0.4) is 0 Å². The highest BCUT2D eigenvalue weighted by Gasteiger charge is 2.49. The molecule has 3 heterocycles. The zero-order chi connectivity index (χ0) is 13.7. The molecular formula is C14H17N3O3. The summed E-state index contributed by atoms with van der Waals surface area (Å²) in [6.45, 7) is 1.58. The second-order valence-electron chi connectivity index (χ2n) is 5.99. The van der Waals surface area contributed by atoms with Crippen molar-refractivity contribution in [2.75, 3.05) is 13.1 Å². The van der Waals surface area contributed by atoms with Gasteiger partial charge in [-0.2, -0.15) is 0 Å². The summed E-state index contributed by atoms with van der Waals surface area (Å²) in [4.78, 5) is 28.3. The van der Waals surface area contributed by atoms with Gasteiger partial charge < -0.3 is 14.3 Å². The lowest BCUT2D eigenvalue weighted by atomic mass is 10.1. The fourth-order valence-electron chi connectivity index (χ4n) is 3.46. The van der Waals surface area contributed by atoms with E-state index >= 15 is 0 Å². The summed E-state index contributed by atoms with van der Waals surface area (Å²) in [5, 5.41) is 3.58. The largest absolute Gasteiger partial charge is 0.351 e. The van der Waals surface area contributed by atoms with Gasteiger partial charge in [0.05, 0.1) is 18.3 Å². The van der Waals surface area contributed by atoms with Gasteiger partial charge in [-0.1, -0.05) is 5.16 Å². The molecule has 106 valence electrons. The summed E-state index contributed by atoms with van der Waals surface area (Å²) in [5.74, 6) is 1.01. The highest BCUT2D eigenvalue weighted by Crippen LogP contribution is 2.37. The molecule has 1 aromatic heterocycles. The Balaban J connectivity index is 1.52. The van der Waals surface area contributed by atoms with Gasteiger partial charge in [0.15, 0.2) is 0 Å². The zero-order valence-electron chi connectivity index (χ0n) is 11.2. The molecule has 0 N–H and O–H groups in total. The number of hydrogen-bond acceptors (Lipinski definition) is 4. The zero-order valence-corrected chi connectivity index (χ0v) is 11.2. The molecule has 2 atom stereocenters. The number of fused-ring (bicyclic) bond motifs is 1. The number of hydrogen-bond donors (Lipinski definition) is 0. The van der Waals surface area contributed by atoms with Crippen LogP contribution >= 0.6 is 0 Å². The summed E-state index contributed by atoms with van der Waals surface area (Å²) >= 11 is 0. The molecule has 0 unspecified atom stereocenters. The van der Waals surface area contributed by atoms with E-state index in [4.69, 9.17) is 4.52 Å². The van der Waals surface area contributed by atoms with Crippen LogP contribution in [0.1, 0.15) is 36.2 Å². The van der Waals surface area contributed by atoms with Crippen molar-refractivity contribution in [3.05, 3.63) is 18.0 Å². The van der Waals surface area contributed by atoms with Crippen LogP contribution in [0.5, 0.6) is 0 Å². The predicted molar refractivity (Wildman–Crippen MR) is 68.8 cm³/mol. The third-order valence-electron chi connectivity index (χ3n) is 4.68. The van der Waals surface area contributed by atoms with Crippen molar-refractivity contribution >= 4 is 11.8 Å². The highest BCUT2D eigenvalue weighted by molar-refractivity contribution is 5.93. The van der Waals surface area contributed by atoms with Crippen LogP contribution in [-0.4, -0.2) is 51.9 Å². The first kappa shape index (κ1) is 11.9. The van der Waals surface area contributed by atoms with Gasteiger partial charge >= 0.3 is 0 Å². The number of rotatable bonds is 3. The Labute approximate surface area is 116 Å². The predicted octanol–water partition coefficient (Wildman–Crippen LogP) is 0.900. The Morgan fingerprint density at radius 3 is 2.90 bits per heavy atom. The van der Waals surface area contributed by atoms with Crippen LogP contribution in [0, 0.1) is 5.92 Å². The van der Waals surface area contributed by atoms with Crippen LogP contribution in [-0.2, 0) is 4.79 Å². The average Bonchev–Trinajstić information content (AvgIpc) is 2.87. The Morgan fingerprint density at radius 2 is 2.20 bits per heavy atom. The maximum Gasteiger partial charge on any atom is 0.292 e. The maximum atomic E-state index is 12.4. The fourth-order valence-corrected chi connectivity index (χ4v) is 3.46. The molecule has 20 heavy (non-hydrogen) atoms. The van der Waals surface area contributed by atoms with Gasteiger partial charge in [-0.25, -0.2) is 0 Å². The average molecular weight is 275 g/mol. The first-order valence-electron chi connectivity index (χ1n) is 7.25. The minimum atomic E-state index is -0.143. The molecule has 6 nitrogen and oxygen atoms in total. The molecule has 0 aromatic carbocycles. The summed E-state index contributed by atoms with van der Waals surface area (Å²) in [5.41, 5.74) is 0. The van der Waals surface area contributed by atoms with E-state index in [1.54, 1.807) is 11.0 Å². The van der Waals surface area contributed by atoms with E-state index in [-0.39, 0.29) is 29.7 Å². The summed E-state index contributed by atoms with van der Waals surface area (Å²) in [6.07, 6.45) is 5.28. The number of nitrogens with zero attached hydrogens (tertiary/aromatic N) is 3. The molecule has 2 aliphatic heterocycles. The standard InChI is InChI=1S/C14H17N3O3/c18-13-7-11-10(17(13)8-9-1-2-9)4-6-16(11)14(19)12-3-5-15-20-12/h3,5,9-11H,1-2,4,6-8H2/t10-,11-/m0/s1. The SMILES string of the molecule is O=C1C[C@H]2[C@H](CCN2C(=O)c2ccno2)N1CC1CC1. The van der Waals surface area contributed by atoms with Gasteiger partial charge in [-0.3, -0.25) is 9.59 Å². The lowest BCUT2D eigenvalue weighted by molar-refractivity contribution is -0.129. The minimum absolute atomic E-state index is 0.0128. The van der Waals surface area contributed by atoms with Crippen molar-refractivity contribution in [3.8, 4) is 0 Å². The van der Waals surface area contributed by atoms with E-state index < -0.39 is 0 Å². The van der Waals surface area contributed by atoms with Crippen molar-refractivity contribution < 1.29 is 14.1 Å². The van der Waals surface area contributed by atoms with Gasteiger partial charge in [-0.15, -0.1) is 0 Å². The van der Waals surface area contributed by atoms with E-state index in [1.165, 1.54) is 19.0 Å². The topological polar surface area (TPSA) is 66.7 Å². The van der Waals surface area contributed by atoms with E-state index in [9.17, 15) is 9.59 Å². The summed E-state index contributed by atoms with van der Waals surface area (Å²) < 4.78 is 4.94.